The van der Waals surface area contributed by atoms with E-state index in [0.717, 1.165) is 16.8 Å². The Balaban J connectivity index is 1.86. The molecule has 0 radical (unpaired) electrons. The predicted molar refractivity (Wildman–Crippen MR) is 105 cm³/mol. The molecule has 27 heavy (non-hydrogen) atoms. The SMILES string of the molecule is Cc1cccc(C)c1NC(=O)CNC(=O)[C@@H](C)N[C@@H](C)c1ccccc1F. The maximum absolute atomic E-state index is 13.8. The first kappa shape index (κ1) is 20.6. The number of carbonyl (C=O) groups excluding carboxylic acids is 2. The molecule has 0 aliphatic carbocycles. The summed E-state index contributed by atoms with van der Waals surface area (Å²) < 4.78 is 13.8. The van der Waals surface area contributed by atoms with Crippen LogP contribution in [-0.4, -0.2) is 24.4 Å². The van der Waals surface area contributed by atoms with Crippen LogP contribution in [0.1, 0.15) is 36.6 Å². The molecule has 6 heteroatoms. The first-order valence-corrected chi connectivity index (χ1v) is 8.94. The molecule has 0 aliphatic rings. The van der Waals surface area contributed by atoms with Crippen LogP contribution in [0, 0.1) is 19.7 Å². The van der Waals surface area contributed by atoms with Crippen molar-refractivity contribution >= 4 is 17.5 Å². The summed E-state index contributed by atoms with van der Waals surface area (Å²) in [5.41, 5.74) is 3.17. The lowest BCUT2D eigenvalue weighted by molar-refractivity contribution is -0.125. The van der Waals surface area contributed by atoms with Gasteiger partial charge in [-0.15, -0.1) is 0 Å². The average Bonchev–Trinajstić information content (AvgIpc) is 2.63. The Hall–Kier alpha value is -2.73. The van der Waals surface area contributed by atoms with Crippen LogP contribution in [0.4, 0.5) is 10.1 Å². The highest BCUT2D eigenvalue weighted by atomic mass is 19.1. The lowest BCUT2D eigenvalue weighted by Crippen LogP contribution is -2.45. The zero-order chi connectivity index (χ0) is 20.0. The summed E-state index contributed by atoms with van der Waals surface area (Å²) in [5.74, 6) is -0.942. The molecule has 5 nitrogen and oxygen atoms in total. The number of aryl methyl sites for hydroxylation is 2. The number of anilines is 1. The van der Waals surface area contributed by atoms with Crippen molar-refractivity contribution in [3.8, 4) is 0 Å². The van der Waals surface area contributed by atoms with E-state index >= 15 is 0 Å². The summed E-state index contributed by atoms with van der Waals surface area (Å²) in [4.78, 5) is 24.4. The molecule has 0 bridgehead atoms. The van der Waals surface area contributed by atoms with E-state index in [2.05, 4.69) is 16.0 Å². The van der Waals surface area contributed by atoms with E-state index in [4.69, 9.17) is 0 Å². The standard InChI is InChI=1S/C21H26FN3O2/c1-13-8-7-9-14(2)20(13)25-19(26)12-23-21(27)16(4)24-15(3)17-10-5-6-11-18(17)22/h5-11,15-16,24H,12H2,1-4H3,(H,23,27)(H,25,26)/t15-,16+/m0/s1. The maximum Gasteiger partial charge on any atom is 0.243 e. The second-order valence-electron chi connectivity index (χ2n) is 6.66. The maximum atomic E-state index is 13.8. The highest BCUT2D eigenvalue weighted by molar-refractivity contribution is 5.96. The molecule has 0 aromatic heterocycles. The third kappa shape index (κ3) is 5.62. The lowest BCUT2D eigenvalue weighted by atomic mass is 10.1. The van der Waals surface area contributed by atoms with Crippen LogP contribution < -0.4 is 16.0 Å². The fourth-order valence-electron chi connectivity index (χ4n) is 2.88. The van der Waals surface area contributed by atoms with E-state index in [1.807, 2.05) is 32.0 Å². The number of hydrogen-bond donors (Lipinski definition) is 3. The molecular formula is C21H26FN3O2. The van der Waals surface area contributed by atoms with Crippen LogP contribution in [0.15, 0.2) is 42.5 Å². The molecule has 2 rings (SSSR count). The van der Waals surface area contributed by atoms with E-state index in [1.165, 1.54) is 6.07 Å². The number of rotatable bonds is 7. The van der Waals surface area contributed by atoms with Crippen molar-refractivity contribution in [2.75, 3.05) is 11.9 Å². The van der Waals surface area contributed by atoms with Crippen molar-refractivity contribution in [1.29, 1.82) is 0 Å². The molecule has 0 aliphatic heterocycles. The largest absolute Gasteiger partial charge is 0.346 e. The Morgan fingerprint density at radius 2 is 1.63 bits per heavy atom. The van der Waals surface area contributed by atoms with Crippen molar-refractivity contribution in [1.82, 2.24) is 10.6 Å². The molecule has 2 aromatic carbocycles. The fourth-order valence-corrected chi connectivity index (χ4v) is 2.88. The fraction of sp³-hybridized carbons (Fsp3) is 0.333. The Morgan fingerprint density at radius 1 is 1.00 bits per heavy atom. The number of halogens is 1. The van der Waals surface area contributed by atoms with Crippen molar-refractivity contribution in [2.45, 2.75) is 39.8 Å². The molecule has 2 amide bonds. The Labute approximate surface area is 159 Å². The molecule has 2 atom stereocenters. The summed E-state index contributed by atoms with van der Waals surface area (Å²) >= 11 is 0. The minimum atomic E-state index is -0.576. The molecule has 0 saturated carbocycles. The highest BCUT2D eigenvalue weighted by Crippen LogP contribution is 2.19. The van der Waals surface area contributed by atoms with Gasteiger partial charge in [-0.1, -0.05) is 36.4 Å². The van der Waals surface area contributed by atoms with E-state index in [9.17, 15) is 14.0 Å². The zero-order valence-corrected chi connectivity index (χ0v) is 16.1. The monoisotopic (exact) mass is 371 g/mol. The number of para-hydroxylation sites is 1. The van der Waals surface area contributed by atoms with Crippen LogP contribution in [0.3, 0.4) is 0 Å². The smallest absolute Gasteiger partial charge is 0.243 e. The van der Waals surface area contributed by atoms with Gasteiger partial charge in [-0.2, -0.15) is 0 Å². The topological polar surface area (TPSA) is 70.2 Å². The van der Waals surface area contributed by atoms with Crippen LogP contribution in [0.2, 0.25) is 0 Å². The zero-order valence-electron chi connectivity index (χ0n) is 16.1. The normalized spacial score (nSPS) is 12.9. The van der Waals surface area contributed by atoms with Gasteiger partial charge in [0.2, 0.25) is 11.8 Å². The van der Waals surface area contributed by atoms with Crippen LogP contribution >= 0.6 is 0 Å². The first-order chi connectivity index (χ1) is 12.8. The Kier molecular flexibility index (Phi) is 7.07. The molecule has 0 spiro atoms. The van der Waals surface area contributed by atoms with Gasteiger partial charge in [-0.3, -0.25) is 14.9 Å². The van der Waals surface area contributed by atoms with Gasteiger partial charge in [0, 0.05) is 17.3 Å². The second-order valence-corrected chi connectivity index (χ2v) is 6.66. The summed E-state index contributed by atoms with van der Waals surface area (Å²) in [5, 5.41) is 8.47. The molecule has 0 fully saturated rings. The van der Waals surface area contributed by atoms with Crippen molar-refractivity contribution in [3.05, 3.63) is 65.0 Å². The van der Waals surface area contributed by atoms with Gasteiger partial charge in [0.05, 0.1) is 12.6 Å². The van der Waals surface area contributed by atoms with Gasteiger partial charge in [0.15, 0.2) is 0 Å². The minimum absolute atomic E-state index is 0.132. The van der Waals surface area contributed by atoms with E-state index in [1.54, 1.807) is 32.0 Å². The quantitative estimate of drug-likeness (QED) is 0.700. The molecule has 2 aromatic rings. The van der Waals surface area contributed by atoms with E-state index in [0.29, 0.717) is 5.56 Å². The van der Waals surface area contributed by atoms with Crippen molar-refractivity contribution < 1.29 is 14.0 Å². The van der Waals surface area contributed by atoms with Gasteiger partial charge in [0.25, 0.3) is 0 Å². The Bertz CT molecular complexity index is 803. The number of amides is 2. The first-order valence-electron chi connectivity index (χ1n) is 8.94. The number of nitrogens with one attached hydrogen (secondary N) is 3. The van der Waals surface area contributed by atoms with Gasteiger partial charge >= 0.3 is 0 Å². The summed E-state index contributed by atoms with van der Waals surface area (Å²) in [6.45, 7) is 7.16. The molecule has 144 valence electrons. The predicted octanol–water partition coefficient (Wildman–Crippen LogP) is 3.24. The summed E-state index contributed by atoms with van der Waals surface area (Å²) in [6, 6.07) is 11.3. The van der Waals surface area contributed by atoms with Gasteiger partial charge in [0.1, 0.15) is 5.82 Å². The van der Waals surface area contributed by atoms with Crippen LogP contribution in [0.5, 0.6) is 0 Å². The van der Waals surface area contributed by atoms with Gasteiger partial charge in [-0.05, 0) is 44.9 Å². The lowest BCUT2D eigenvalue weighted by Gasteiger charge is -2.20. The molecule has 0 heterocycles. The molecular weight excluding hydrogens is 345 g/mol. The van der Waals surface area contributed by atoms with E-state index in [-0.39, 0.29) is 30.2 Å². The van der Waals surface area contributed by atoms with E-state index < -0.39 is 6.04 Å². The minimum Gasteiger partial charge on any atom is -0.346 e. The second kappa shape index (κ2) is 9.28. The molecule has 0 saturated heterocycles. The molecule has 3 N–H and O–H groups in total. The highest BCUT2D eigenvalue weighted by Gasteiger charge is 2.18. The Morgan fingerprint density at radius 3 is 2.26 bits per heavy atom. The van der Waals surface area contributed by atoms with Gasteiger partial charge in [-0.25, -0.2) is 4.39 Å². The van der Waals surface area contributed by atoms with Crippen molar-refractivity contribution in [3.63, 3.8) is 0 Å². The van der Waals surface area contributed by atoms with Crippen molar-refractivity contribution in [2.24, 2.45) is 0 Å². The van der Waals surface area contributed by atoms with Crippen LogP contribution in [0.25, 0.3) is 0 Å². The number of benzene rings is 2. The summed E-state index contributed by atoms with van der Waals surface area (Å²) in [6.07, 6.45) is 0. The third-order valence-corrected chi connectivity index (χ3v) is 4.43. The molecule has 0 unspecified atom stereocenters. The van der Waals surface area contributed by atoms with Gasteiger partial charge < -0.3 is 10.6 Å². The van der Waals surface area contributed by atoms with Crippen LogP contribution in [-0.2, 0) is 9.59 Å². The average molecular weight is 371 g/mol. The third-order valence-electron chi connectivity index (χ3n) is 4.43. The number of hydrogen-bond acceptors (Lipinski definition) is 3. The number of carbonyl (C=O) groups is 2. The summed E-state index contributed by atoms with van der Waals surface area (Å²) in [7, 11) is 0.